The van der Waals surface area contributed by atoms with Gasteiger partial charge in [-0.05, 0) is 23.5 Å². The average molecular weight is 380 g/mol. The van der Waals surface area contributed by atoms with Crippen LogP contribution in [-0.2, 0) is 21.4 Å². The number of rotatable bonds is 4. The van der Waals surface area contributed by atoms with Gasteiger partial charge in [-0.2, -0.15) is 5.26 Å². The molecule has 0 saturated carbocycles. The van der Waals surface area contributed by atoms with Crippen molar-refractivity contribution in [3.63, 3.8) is 0 Å². The van der Waals surface area contributed by atoms with Crippen molar-refractivity contribution in [2.24, 2.45) is 5.73 Å². The lowest BCUT2D eigenvalue weighted by Gasteiger charge is -2.25. The third-order valence-electron chi connectivity index (χ3n) is 4.75. The number of carbonyl (C=O) groups excluding carboxylic acids is 1. The number of fused-ring (bicyclic) bond motifs is 1. The Morgan fingerprint density at radius 1 is 1.36 bits per heavy atom. The van der Waals surface area contributed by atoms with E-state index in [0.29, 0.717) is 23.4 Å². The third-order valence-corrected chi connectivity index (χ3v) is 4.75. The minimum atomic E-state index is -0.467. The van der Waals surface area contributed by atoms with Crippen molar-refractivity contribution in [2.75, 3.05) is 6.61 Å². The van der Waals surface area contributed by atoms with Gasteiger partial charge in [-0.25, -0.2) is 0 Å². The van der Waals surface area contributed by atoms with E-state index in [2.05, 4.69) is 37.0 Å². The van der Waals surface area contributed by atoms with Crippen LogP contribution in [0.2, 0.25) is 0 Å². The largest absolute Gasteiger partial charge is 0.466 e. The maximum atomic E-state index is 12.0. The van der Waals surface area contributed by atoms with Crippen molar-refractivity contribution < 1.29 is 14.3 Å². The summed E-state index contributed by atoms with van der Waals surface area (Å²) in [6, 6.07) is 10.2. The maximum absolute atomic E-state index is 12.0. The van der Waals surface area contributed by atoms with Crippen LogP contribution in [0, 0.1) is 11.3 Å². The molecule has 3 N–H and O–H groups in total. The number of ether oxygens (including phenoxy) is 2. The molecule has 2 aromatic rings. The van der Waals surface area contributed by atoms with Crippen molar-refractivity contribution >= 4 is 5.97 Å². The lowest BCUT2D eigenvalue weighted by atomic mass is 9.81. The van der Waals surface area contributed by atoms with Gasteiger partial charge in [0, 0.05) is 0 Å². The van der Waals surface area contributed by atoms with E-state index in [1.165, 1.54) is 5.56 Å². The Bertz CT molecular complexity index is 959. The molecule has 2 heterocycles. The lowest BCUT2D eigenvalue weighted by Crippen LogP contribution is -2.22. The van der Waals surface area contributed by atoms with Crippen molar-refractivity contribution in [3.8, 4) is 11.9 Å². The first kappa shape index (κ1) is 19.5. The summed E-state index contributed by atoms with van der Waals surface area (Å²) in [4.78, 5) is 12.0. The second-order valence-electron chi connectivity index (χ2n) is 7.70. The molecule has 28 heavy (non-hydrogen) atoms. The minimum Gasteiger partial charge on any atom is -0.466 e. The van der Waals surface area contributed by atoms with Crippen LogP contribution in [0.1, 0.15) is 56.0 Å². The van der Waals surface area contributed by atoms with Gasteiger partial charge in [0.2, 0.25) is 11.8 Å². The Morgan fingerprint density at radius 2 is 2.04 bits per heavy atom. The molecule has 1 aliphatic heterocycles. The summed E-state index contributed by atoms with van der Waals surface area (Å²) in [5.74, 6) is -0.544. The number of allylic oxidation sites excluding steroid dienone is 1. The number of carbonyl (C=O) groups is 1. The highest BCUT2D eigenvalue weighted by Gasteiger charge is 2.35. The Morgan fingerprint density at radius 3 is 2.61 bits per heavy atom. The number of hydrogen-bond acceptors (Lipinski definition) is 6. The van der Waals surface area contributed by atoms with Crippen molar-refractivity contribution in [3.05, 3.63) is 58.1 Å². The predicted molar refractivity (Wildman–Crippen MR) is 103 cm³/mol. The zero-order valence-corrected chi connectivity index (χ0v) is 16.5. The molecule has 0 bridgehead atoms. The molecule has 0 amide bonds. The topological polar surface area (TPSA) is 114 Å². The Hall–Kier alpha value is -3.27. The molecule has 1 aromatic heterocycles. The Kier molecular flexibility index (Phi) is 5.14. The van der Waals surface area contributed by atoms with Crippen LogP contribution in [-0.4, -0.2) is 22.8 Å². The molecular weight excluding hydrogens is 356 g/mol. The molecule has 3 rings (SSSR count). The Labute approximate surface area is 164 Å². The zero-order valence-electron chi connectivity index (χ0n) is 16.5. The van der Waals surface area contributed by atoms with Crippen LogP contribution in [0.15, 0.2) is 35.7 Å². The van der Waals surface area contributed by atoms with E-state index in [1.54, 1.807) is 6.92 Å². The minimum absolute atomic E-state index is 0.00865. The molecule has 0 radical (unpaired) electrons. The molecule has 7 heteroatoms. The summed E-state index contributed by atoms with van der Waals surface area (Å²) in [5, 5.41) is 16.7. The fourth-order valence-electron chi connectivity index (χ4n) is 3.31. The monoisotopic (exact) mass is 380 g/mol. The average Bonchev–Trinajstić information content (AvgIpc) is 3.02. The number of hydrogen-bond donors (Lipinski definition) is 2. The van der Waals surface area contributed by atoms with Gasteiger partial charge in [0.15, 0.2) is 0 Å². The fourth-order valence-corrected chi connectivity index (χ4v) is 3.31. The number of nitriles is 1. The molecule has 0 saturated heterocycles. The lowest BCUT2D eigenvalue weighted by molar-refractivity contribution is -0.142. The zero-order chi connectivity index (χ0) is 20.5. The molecule has 0 aliphatic carbocycles. The number of H-pyrrole nitrogens is 1. The number of aromatic nitrogens is 2. The van der Waals surface area contributed by atoms with E-state index in [4.69, 9.17) is 15.2 Å². The van der Waals surface area contributed by atoms with E-state index in [-0.39, 0.29) is 29.6 Å². The van der Waals surface area contributed by atoms with Crippen LogP contribution >= 0.6 is 0 Å². The summed E-state index contributed by atoms with van der Waals surface area (Å²) in [6.45, 7) is 8.46. The molecule has 1 atom stereocenters. The first-order valence-corrected chi connectivity index (χ1v) is 9.17. The number of nitrogens with two attached hydrogens (primary N) is 1. The number of benzene rings is 1. The van der Waals surface area contributed by atoms with E-state index in [0.717, 1.165) is 5.56 Å². The number of nitrogens with one attached hydrogen (secondary N) is 1. The van der Waals surface area contributed by atoms with Gasteiger partial charge in [-0.3, -0.25) is 9.89 Å². The molecule has 1 aliphatic rings. The fraction of sp³-hybridized carbons (Fsp3) is 0.381. The van der Waals surface area contributed by atoms with Crippen LogP contribution in [0.4, 0.5) is 0 Å². The molecule has 0 unspecified atom stereocenters. The molecule has 7 nitrogen and oxygen atoms in total. The van der Waals surface area contributed by atoms with Crippen LogP contribution in [0.5, 0.6) is 5.88 Å². The van der Waals surface area contributed by atoms with Gasteiger partial charge in [0.25, 0.3) is 0 Å². The molecular formula is C21H24N4O3. The highest BCUT2D eigenvalue weighted by atomic mass is 16.5. The summed E-state index contributed by atoms with van der Waals surface area (Å²) < 4.78 is 10.6. The Balaban J connectivity index is 2.08. The van der Waals surface area contributed by atoms with Gasteiger partial charge in [0.05, 0.1) is 30.2 Å². The van der Waals surface area contributed by atoms with Crippen molar-refractivity contribution in [1.82, 2.24) is 10.2 Å². The smallest absolute Gasteiger partial charge is 0.311 e. The normalized spacial score (nSPS) is 16.2. The number of esters is 1. The first-order chi connectivity index (χ1) is 13.3. The van der Waals surface area contributed by atoms with Gasteiger partial charge in [-0.1, -0.05) is 45.0 Å². The third kappa shape index (κ3) is 3.58. The summed E-state index contributed by atoms with van der Waals surface area (Å²) in [7, 11) is 0. The quantitative estimate of drug-likeness (QED) is 0.788. The van der Waals surface area contributed by atoms with Gasteiger partial charge in [0.1, 0.15) is 11.6 Å². The standard InChI is InChI=1S/C21H24N4O3/c1-5-27-16(26)10-15-18-17(12-6-8-13(9-7-12)21(2,3)4)14(11-22)19(23)28-20(18)25-24-15/h6-9,17H,5,10,23H2,1-4H3,(H,24,25)/t17-/m1/s1. The van der Waals surface area contributed by atoms with Crippen LogP contribution < -0.4 is 10.5 Å². The van der Waals surface area contributed by atoms with Gasteiger partial charge >= 0.3 is 5.97 Å². The molecule has 146 valence electrons. The van der Waals surface area contributed by atoms with Crippen LogP contribution in [0.3, 0.4) is 0 Å². The van der Waals surface area contributed by atoms with Gasteiger partial charge < -0.3 is 15.2 Å². The molecule has 0 fully saturated rings. The van der Waals surface area contributed by atoms with Crippen LogP contribution in [0.25, 0.3) is 0 Å². The molecule has 1 aromatic carbocycles. The first-order valence-electron chi connectivity index (χ1n) is 9.17. The van der Waals surface area contributed by atoms with E-state index in [1.807, 2.05) is 24.3 Å². The predicted octanol–water partition coefficient (Wildman–Crippen LogP) is 3.03. The van der Waals surface area contributed by atoms with E-state index in [9.17, 15) is 10.1 Å². The van der Waals surface area contributed by atoms with Gasteiger partial charge in [-0.15, -0.1) is 5.10 Å². The molecule has 0 spiro atoms. The summed E-state index contributed by atoms with van der Waals surface area (Å²) >= 11 is 0. The highest BCUT2D eigenvalue weighted by molar-refractivity contribution is 5.73. The SMILES string of the molecule is CCOC(=O)Cc1[nH]nc2c1[C@H](c1ccc(C(C)(C)C)cc1)C(C#N)=C(N)O2. The van der Waals surface area contributed by atoms with E-state index >= 15 is 0 Å². The number of nitrogens with zero attached hydrogens (tertiary/aromatic N) is 2. The summed E-state index contributed by atoms with van der Waals surface area (Å²) in [6.07, 6.45) is 0.00865. The highest BCUT2D eigenvalue weighted by Crippen LogP contribution is 2.43. The second kappa shape index (κ2) is 7.39. The van der Waals surface area contributed by atoms with Crippen molar-refractivity contribution in [1.29, 1.82) is 5.26 Å². The maximum Gasteiger partial charge on any atom is 0.311 e. The second-order valence-corrected chi connectivity index (χ2v) is 7.70. The number of aromatic amines is 1. The summed E-state index contributed by atoms with van der Waals surface area (Å²) in [5.41, 5.74) is 9.54. The van der Waals surface area contributed by atoms with Crippen molar-refractivity contribution in [2.45, 2.75) is 45.4 Å². The van der Waals surface area contributed by atoms with E-state index < -0.39 is 5.92 Å².